The zero-order chi connectivity index (χ0) is 11.7. The Hall–Kier alpha value is -0.910. The Bertz CT molecular complexity index is 385. The molecule has 1 rings (SSSR count). The molecule has 0 amide bonds. The standard InChI is InChI=1S/C9H10ClF2NO2/c1-3(13)8(14)4-2-5(11)7(12)6(10)9(4)15/h2-3,8,14-15H,13H2,1H3. The molecule has 1 aromatic rings. The van der Waals surface area contributed by atoms with Gasteiger partial charge in [-0.15, -0.1) is 0 Å². The van der Waals surface area contributed by atoms with Crippen molar-refractivity contribution in [3.8, 4) is 5.75 Å². The first kappa shape index (κ1) is 12.2. The minimum atomic E-state index is -1.35. The molecule has 0 aliphatic heterocycles. The van der Waals surface area contributed by atoms with Crippen LogP contribution >= 0.6 is 11.6 Å². The number of phenols is 1. The zero-order valence-corrected chi connectivity index (χ0v) is 8.59. The molecule has 84 valence electrons. The van der Waals surface area contributed by atoms with Crippen molar-refractivity contribution < 1.29 is 19.0 Å². The van der Waals surface area contributed by atoms with Crippen molar-refractivity contribution in [2.75, 3.05) is 0 Å². The maximum Gasteiger partial charge on any atom is 0.181 e. The largest absolute Gasteiger partial charge is 0.506 e. The van der Waals surface area contributed by atoms with E-state index in [1.165, 1.54) is 6.92 Å². The molecule has 0 heterocycles. The SMILES string of the molecule is CC(N)C(O)c1cc(F)c(F)c(Cl)c1O. The van der Waals surface area contributed by atoms with Gasteiger partial charge in [0.1, 0.15) is 10.8 Å². The first-order valence-corrected chi connectivity index (χ1v) is 4.54. The van der Waals surface area contributed by atoms with Crippen molar-refractivity contribution in [2.45, 2.75) is 19.1 Å². The number of hydrogen-bond donors (Lipinski definition) is 3. The fourth-order valence-electron chi connectivity index (χ4n) is 1.11. The van der Waals surface area contributed by atoms with Gasteiger partial charge in [-0.05, 0) is 13.0 Å². The number of aliphatic hydroxyl groups is 1. The predicted octanol–water partition coefficient (Wildman–Crippen LogP) is 1.70. The summed E-state index contributed by atoms with van der Waals surface area (Å²) in [5.74, 6) is -3.29. The third kappa shape index (κ3) is 2.19. The van der Waals surface area contributed by atoms with E-state index in [0.29, 0.717) is 6.07 Å². The quantitative estimate of drug-likeness (QED) is 0.686. The summed E-state index contributed by atoms with van der Waals surface area (Å²) in [6.07, 6.45) is -1.31. The summed E-state index contributed by atoms with van der Waals surface area (Å²) < 4.78 is 25.8. The van der Waals surface area contributed by atoms with Gasteiger partial charge in [0.25, 0.3) is 0 Å². The Morgan fingerprint density at radius 1 is 1.47 bits per heavy atom. The molecular formula is C9H10ClF2NO2. The van der Waals surface area contributed by atoms with Crippen LogP contribution in [0.25, 0.3) is 0 Å². The van der Waals surface area contributed by atoms with Crippen molar-refractivity contribution in [2.24, 2.45) is 5.73 Å². The van der Waals surface area contributed by atoms with E-state index in [0.717, 1.165) is 0 Å². The van der Waals surface area contributed by atoms with E-state index in [1.807, 2.05) is 0 Å². The summed E-state index contributed by atoms with van der Waals surface area (Å²) in [6.45, 7) is 1.46. The van der Waals surface area contributed by atoms with Crippen LogP contribution < -0.4 is 5.73 Å². The van der Waals surface area contributed by atoms with Crippen LogP contribution in [-0.2, 0) is 0 Å². The third-order valence-corrected chi connectivity index (χ3v) is 2.33. The van der Waals surface area contributed by atoms with Gasteiger partial charge in [-0.25, -0.2) is 8.78 Å². The predicted molar refractivity (Wildman–Crippen MR) is 51.6 cm³/mol. The minimum absolute atomic E-state index is 0.228. The minimum Gasteiger partial charge on any atom is -0.506 e. The Morgan fingerprint density at radius 2 is 2.00 bits per heavy atom. The summed E-state index contributed by atoms with van der Waals surface area (Å²) in [4.78, 5) is 0. The highest BCUT2D eigenvalue weighted by Gasteiger charge is 2.23. The number of rotatable bonds is 2. The second kappa shape index (κ2) is 4.30. The van der Waals surface area contributed by atoms with Crippen molar-refractivity contribution in [3.63, 3.8) is 0 Å². The van der Waals surface area contributed by atoms with E-state index >= 15 is 0 Å². The van der Waals surface area contributed by atoms with Gasteiger partial charge in [0.05, 0.1) is 6.10 Å². The number of hydrogen-bond acceptors (Lipinski definition) is 3. The Balaban J connectivity index is 3.32. The molecule has 0 spiro atoms. The molecule has 4 N–H and O–H groups in total. The molecule has 0 saturated heterocycles. The van der Waals surface area contributed by atoms with Gasteiger partial charge in [-0.3, -0.25) is 0 Å². The maximum absolute atomic E-state index is 12.9. The van der Waals surface area contributed by atoms with E-state index in [-0.39, 0.29) is 5.56 Å². The highest BCUT2D eigenvalue weighted by atomic mass is 35.5. The molecule has 2 unspecified atom stereocenters. The van der Waals surface area contributed by atoms with Crippen LogP contribution in [0.4, 0.5) is 8.78 Å². The van der Waals surface area contributed by atoms with Gasteiger partial charge in [0.15, 0.2) is 11.6 Å². The summed E-state index contributed by atoms with van der Waals surface area (Å²) in [5.41, 5.74) is 5.13. The molecule has 0 aromatic heterocycles. The van der Waals surface area contributed by atoms with Crippen molar-refractivity contribution in [3.05, 3.63) is 28.3 Å². The smallest absolute Gasteiger partial charge is 0.181 e. The lowest BCUT2D eigenvalue weighted by molar-refractivity contribution is 0.149. The van der Waals surface area contributed by atoms with E-state index in [2.05, 4.69) is 0 Å². The van der Waals surface area contributed by atoms with Gasteiger partial charge in [-0.2, -0.15) is 0 Å². The number of benzene rings is 1. The highest BCUT2D eigenvalue weighted by molar-refractivity contribution is 6.32. The normalized spacial score (nSPS) is 15.1. The average Bonchev–Trinajstić information content (AvgIpc) is 2.19. The number of halogens is 3. The molecular weight excluding hydrogens is 228 g/mol. The first-order chi connectivity index (χ1) is 6.86. The topological polar surface area (TPSA) is 66.5 Å². The van der Waals surface area contributed by atoms with Gasteiger partial charge < -0.3 is 15.9 Å². The third-order valence-electron chi connectivity index (χ3n) is 1.98. The van der Waals surface area contributed by atoms with Crippen LogP contribution in [0.2, 0.25) is 5.02 Å². The van der Waals surface area contributed by atoms with Gasteiger partial charge in [-0.1, -0.05) is 11.6 Å². The van der Waals surface area contributed by atoms with Crippen LogP contribution in [0.1, 0.15) is 18.6 Å². The molecule has 15 heavy (non-hydrogen) atoms. The zero-order valence-electron chi connectivity index (χ0n) is 7.84. The molecule has 0 bridgehead atoms. The van der Waals surface area contributed by atoms with E-state index < -0.39 is 34.6 Å². The lowest BCUT2D eigenvalue weighted by Crippen LogP contribution is -2.24. The van der Waals surface area contributed by atoms with Gasteiger partial charge in [0, 0.05) is 11.6 Å². The summed E-state index contributed by atoms with van der Waals surface area (Å²) >= 11 is 5.32. The molecule has 0 fully saturated rings. The van der Waals surface area contributed by atoms with E-state index in [1.54, 1.807) is 0 Å². The molecule has 1 aromatic carbocycles. The van der Waals surface area contributed by atoms with Crippen LogP contribution in [0.5, 0.6) is 5.75 Å². The van der Waals surface area contributed by atoms with Crippen molar-refractivity contribution in [1.29, 1.82) is 0 Å². The summed E-state index contributed by atoms with van der Waals surface area (Å²) in [6, 6.07) is -0.0678. The second-order valence-electron chi connectivity index (χ2n) is 3.23. The van der Waals surface area contributed by atoms with Crippen LogP contribution in [0.3, 0.4) is 0 Å². The van der Waals surface area contributed by atoms with E-state index in [4.69, 9.17) is 17.3 Å². The molecule has 3 nitrogen and oxygen atoms in total. The molecule has 0 aliphatic carbocycles. The van der Waals surface area contributed by atoms with Crippen molar-refractivity contribution >= 4 is 11.6 Å². The van der Waals surface area contributed by atoms with Crippen LogP contribution in [0, 0.1) is 11.6 Å². The number of phenolic OH excluding ortho intramolecular Hbond substituents is 1. The monoisotopic (exact) mass is 237 g/mol. The lowest BCUT2D eigenvalue weighted by Gasteiger charge is -2.17. The number of nitrogens with two attached hydrogens (primary N) is 1. The molecule has 6 heteroatoms. The number of aromatic hydroxyl groups is 1. The van der Waals surface area contributed by atoms with Crippen LogP contribution in [0.15, 0.2) is 6.07 Å². The molecule has 0 aliphatic rings. The fraction of sp³-hybridized carbons (Fsp3) is 0.333. The Morgan fingerprint density at radius 3 is 2.47 bits per heavy atom. The lowest BCUT2D eigenvalue weighted by atomic mass is 10.0. The van der Waals surface area contributed by atoms with Crippen molar-refractivity contribution in [1.82, 2.24) is 0 Å². The summed E-state index contributed by atoms with van der Waals surface area (Å²) in [5, 5.41) is 18.1. The number of aliphatic hydroxyl groups excluding tert-OH is 1. The Labute approximate surface area is 90.1 Å². The maximum atomic E-state index is 12.9. The first-order valence-electron chi connectivity index (χ1n) is 4.16. The highest BCUT2D eigenvalue weighted by Crippen LogP contribution is 2.35. The fourth-order valence-corrected chi connectivity index (χ4v) is 1.31. The van der Waals surface area contributed by atoms with E-state index in [9.17, 15) is 19.0 Å². The molecule has 2 atom stereocenters. The summed E-state index contributed by atoms with van der Waals surface area (Å²) in [7, 11) is 0. The Kier molecular flexibility index (Phi) is 3.49. The molecule has 0 saturated carbocycles. The second-order valence-corrected chi connectivity index (χ2v) is 3.61. The van der Waals surface area contributed by atoms with Gasteiger partial charge >= 0.3 is 0 Å². The van der Waals surface area contributed by atoms with Gasteiger partial charge in [0.2, 0.25) is 0 Å². The van der Waals surface area contributed by atoms with Crippen LogP contribution in [-0.4, -0.2) is 16.3 Å². The molecule has 0 radical (unpaired) electrons. The average molecular weight is 238 g/mol.